The molecule has 0 saturated carbocycles. The summed E-state index contributed by atoms with van der Waals surface area (Å²) in [6.45, 7) is 4.78. The Morgan fingerprint density at radius 3 is 1.29 bits per heavy atom. The number of hydrogen-bond acceptors (Lipinski definition) is 4. The Kier molecular flexibility index (Phi) is 14.9. The van der Waals surface area contributed by atoms with Crippen LogP contribution < -0.4 is 9.80 Å². The van der Waals surface area contributed by atoms with Crippen molar-refractivity contribution in [1.29, 1.82) is 0 Å². The van der Waals surface area contributed by atoms with E-state index >= 15 is 0 Å². The molecule has 0 N–H and O–H groups in total. The normalized spacial score (nSPS) is 12.4. The molecule has 0 unspecified atom stereocenters. The summed E-state index contributed by atoms with van der Waals surface area (Å²) < 4.78 is 16.5. The topological polar surface area (TPSA) is 37.7 Å². The van der Waals surface area contributed by atoms with Crippen LogP contribution in [0.25, 0.3) is 171 Å². The lowest BCUT2D eigenvalue weighted by Gasteiger charge is -2.30. The highest BCUT2D eigenvalue weighted by Gasteiger charge is 2.38. The number of aromatic nitrogens is 1. The standard InChI is InChI=1S/C107H71N3O2/c1-107(2)95-35-17-13-31-86(95)94-62-80(61-93(106(94)107)72-45-50-81(51-46-72)108(82-52-57-91-89-34-16-22-40-102(89)111-104(91)66-82)100-63-77(47-54-84(100)70-25-5-3-6-26-70)75-43-41-68-23-9-11-29-73(68)59-75)79-49-56-90-92-58-53-83(67-105(92)112-103(90)65-79)109(98-38-20-21-39-99(98)110-96-36-18-14-32-87(96)88-33-15-19-37-97(88)110)101-64-78(48-55-85(101)71-27-7-4-8-28-71)76-44-42-69-24-10-12-30-74(69)60-76/h3-67H,1-2H3. The Morgan fingerprint density at radius 1 is 0.232 bits per heavy atom. The van der Waals surface area contributed by atoms with Gasteiger partial charge in [0.2, 0.25) is 0 Å². The molecule has 0 spiro atoms. The molecule has 3 heterocycles. The number of hydrogen-bond donors (Lipinski definition) is 0. The van der Waals surface area contributed by atoms with Gasteiger partial charge in [-0.2, -0.15) is 0 Å². The van der Waals surface area contributed by atoms with E-state index in [0.29, 0.717) is 0 Å². The molecule has 22 rings (SSSR count). The summed E-state index contributed by atoms with van der Waals surface area (Å²) in [7, 11) is 0. The van der Waals surface area contributed by atoms with Gasteiger partial charge in [0.05, 0.1) is 33.8 Å². The minimum absolute atomic E-state index is 0.307. The number of anilines is 6. The zero-order valence-electron chi connectivity index (χ0n) is 61.7. The molecule has 0 amide bonds. The Morgan fingerprint density at radius 2 is 0.652 bits per heavy atom. The summed E-state index contributed by atoms with van der Waals surface area (Å²) in [5.41, 5.74) is 31.0. The van der Waals surface area contributed by atoms with Gasteiger partial charge < -0.3 is 23.2 Å². The van der Waals surface area contributed by atoms with Crippen molar-refractivity contribution < 1.29 is 8.83 Å². The predicted molar refractivity (Wildman–Crippen MR) is 470 cm³/mol. The van der Waals surface area contributed by atoms with E-state index in [0.717, 1.165) is 156 Å². The first-order chi connectivity index (χ1) is 55.3. The maximum absolute atomic E-state index is 7.33. The van der Waals surface area contributed by atoms with Gasteiger partial charge >= 0.3 is 0 Å². The van der Waals surface area contributed by atoms with E-state index in [1.165, 1.54) is 60.1 Å². The van der Waals surface area contributed by atoms with Crippen LogP contribution in [0.4, 0.5) is 34.1 Å². The van der Waals surface area contributed by atoms with E-state index in [2.05, 4.69) is 416 Å². The molecule has 18 aromatic carbocycles. The number of benzene rings is 18. The van der Waals surface area contributed by atoms with E-state index in [9.17, 15) is 0 Å². The van der Waals surface area contributed by atoms with Crippen LogP contribution in [0.5, 0.6) is 0 Å². The van der Waals surface area contributed by atoms with Crippen molar-refractivity contribution in [2.75, 3.05) is 9.80 Å². The van der Waals surface area contributed by atoms with Crippen LogP contribution >= 0.6 is 0 Å². The first kappa shape index (κ1) is 64.6. The van der Waals surface area contributed by atoms with Crippen molar-refractivity contribution >= 4 is 121 Å². The highest BCUT2D eigenvalue weighted by Crippen LogP contribution is 2.56. The summed E-state index contributed by atoms with van der Waals surface area (Å²) in [5, 5.41) is 11.5. The molecule has 112 heavy (non-hydrogen) atoms. The highest BCUT2D eigenvalue weighted by atomic mass is 16.3. The molecule has 5 nitrogen and oxygen atoms in total. The van der Waals surface area contributed by atoms with Gasteiger partial charge in [-0.3, -0.25) is 0 Å². The van der Waals surface area contributed by atoms with Crippen LogP contribution in [0, 0.1) is 0 Å². The molecule has 3 aromatic heterocycles. The molecule has 1 aliphatic rings. The van der Waals surface area contributed by atoms with Crippen molar-refractivity contribution in [3.63, 3.8) is 0 Å². The molecule has 0 fully saturated rings. The fourth-order valence-corrected chi connectivity index (χ4v) is 18.2. The smallest absolute Gasteiger partial charge is 0.137 e. The molecule has 1 aliphatic carbocycles. The Bertz CT molecular complexity index is 7310. The minimum atomic E-state index is -0.307. The monoisotopic (exact) mass is 1430 g/mol. The van der Waals surface area contributed by atoms with Crippen molar-refractivity contribution in [2.24, 2.45) is 0 Å². The van der Waals surface area contributed by atoms with Gasteiger partial charge in [0.25, 0.3) is 0 Å². The first-order valence-electron chi connectivity index (χ1n) is 38.6. The second-order valence-corrected chi connectivity index (χ2v) is 30.3. The molecule has 0 saturated heterocycles. The molecule has 5 heteroatoms. The zero-order valence-corrected chi connectivity index (χ0v) is 61.7. The quantitative estimate of drug-likeness (QED) is 0.115. The van der Waals surface area contributed by atoms with Crippen LogP contribution in [0.2, 0.25) is 0 Å². The molecule has 21 aromatic rings. The third kappa shape index (κ3) is 10.6. The maximum Gasteiger partial charge on any atom is 0.137 e. The van der Waals surface area contributed by atoms with Crippen LogP contribution in [0.15, 0.2) is 403 Å². The fourth-order valence-electron chi connectivity index (χ4n) is 18.2. The van der Waals surface area contributed by atoms with E-state index in [-0.39, 0.29) is 5.41 Å². The second kappa shape index (κ2) is 25.8. The van der Waals surface area contributed by atoms with Gasteiger partial charge in [0.1, 0.15) is 22.3 Å². The van der Waals surface area contributed by atoms with Crippen LogP contribution in [-0.4, -0.2) is 4.57 Å². The third-order valence-electron chi connectivity index (χ3n) is 23.5. The molecule has 526 valence electrons. The van der Waals surface area contributed by atoms with E-state index in [1.807, 2.05) is 6.07 Å². The van der Waals surface area contributed by atoms with E-state index in [1.54, 1.807) is 0 Å². The lowest BCUT2D eigenvalue weighted by atomic mass is 9.78. The van der Waals surface area contributed by atoms with Gasteiger partial charge in [-0.15, -0.1) is 0 Å². The predicted octanol–water partition coefficient (Wildman–Crippen LogP) is 30.1. The number of fused-ring (bicyclic) bond motifs is 14. The maximum atomic E-state index is 7.33. The van der Waals surface area contributed by atoms with Gasteiger partial charge in [0, 0.05) is 78.1 Å². The van der Waals surface area contributed by atoms with Crippen LogP contribution in [-0.2, 0) is 5.41 Å². The zero-order chi connectivity index (χ0) is 74.1. The molecule has 0 aliphatic heterocycles. The summed E-state index contributed by atoms with van der Waals surface area (Å²) >= 11 is 0. The SMILES string of the molecule is CC1(C)c2ccccc2-c2cc(-c3ccc4c(c3)oc3cc(N(c5cc(-c6ccc7ccccc7c6)ccc5-c5ccccc5)c5ccccc5-n5c6ccccc6c6ccccc65)ccc34)cc(-c3ccc(N(c4ccc5c(c4)oc4ccccc45)c4cc(-c5ccc6ccccc6c5)ccc4-c4ccccc4)cc3)c21. The van der Waals surface area contributed by atoms with Crippen molar-refractivity contribution in [2.45, 2.75) is 19.3 Å². The average molecular weight is 1430 g/mol. The summed E-state index contributed by atoms with van der Waals surface area (Å²) in [6.07, 6.45) is 0. The summed E-state index contributed by atoms with van der Waals surface area (Å²) in [5.74, 6) is 0. The first-order valence-corrected chi connectivity index (χ1v) is 38.6. The molecular formula is C107H71N3O2. The Hall–Kier alpha value is -14.5. The lowest BCUT2D eigenvalue weighted by molar-refractivity contribution is 0.662. The van der Waals surface area contributed by atoms with Gasteiger partial charge in [-0.05, 0) is 215 Å². The lowest BCUT2D eigenvalue weighted by Crippen LogP contribution is -2.16. The van der Waals surface area contributed by atoms with Crippen LogP contribution in [0.1, 0.15) is 25.0 Å². The van der Waals surface area contributed by atoms with Crippen LogP contribution in [0.3, 0.4) is 0 Å². The fraction of sp³-hybridized carbons (Fsp3) is 0.0280. The average Bonchev–Trinajstić information content (AvgIpc) is 1.42. The highest BCUT2D eigenvalue weighted by molar-refractivity contribution is 6.12. The Labute approximate surface area is 648 Å². The molecular weight excluding hydrogens is 1360 g/mol. The van der Waals surface area contributed by atoms with Gasteiger partial charge in [-0.1, -0.05) is 281 Å². The molecule has 0 radical (unpaired) electrons. The van der Waals surface area contributed by atoms with Gasteiger partial charge in [0.15, 0.2) is 0 Å². The van der Waals surface area contributed by atoms with Crippen molar-refractivity contribution in [3.05, 3.63) is 405 Å². The van der Waals surface area contributed by atoms with E-state index in [4.69, 9.17) is 8.83 Å². The summed E-state index contributed by atoms with van der Waals surface area (Å²) in [6, 6.07) is 145. The minimum Gasteiger partial charge on any atom is -0.456 e. The van der Waals surface area contributed by atoms with Gasteiger partial charge in [-0.25, -0.2) is 0 Å². The van der Waals surface area contributed by atoms with Crippen molar-refractivity contribution in [3.8, 4) is 83.6 Å². The largest absolute Gasteiger partial charge is 0.456 e. The molecule has 0 atom stereocenters. The van der Waals surface area contributed by atoms with E-state index < -0.39 is 0 Å². The number of furan rings is 2. The number of rotatable bonds is 13. The van der Waals surface area contributed by atoms with Crippen molar-refractivity contribution in [1.82, 2.24) is 4.57 Å². The number of para-hydroxylation sites is 5. The second-order valence-electron chi connectivity index (χ2n) is 30.3. The third-order valence-corrected chi connectivity index (χ3v) is 23.5. The number of nitrogens with zero attached hydrogens (tertiary/aromatic N) is 3. The molecule has 0 bridgehead atoms. The Balaban J connectivity index is 0.700. The summed E-state index contributed by atoms with van der Waals surface area (Å²) in [4.78, 5) is 4.89.